The van der Waals surface area contributed by atoms with Gasteiger partial charge in [-0.05, 0) is 18.4 Å². The van der Waals surface area contributed by atoms with Crippen molar-refractivity contribution >= 4 is 33.8 Å². The van der Waals surface area contributed by atoms with Crippen LogP contribution < -0.4 is 5.73 Å². The van der Waals surface area contributed by atoms with Gasteiger partial charge in [-0.25, -0.2) is 4.98 Å². The Balaban J connectivity index is 1.85. The maximum atomic E-state index is 12.1. The fourth-order valence-electron chi connectivity index (χ4n) is 3.61. The number of anilines is 1. The van der Waals surface area contributed by atoms with Gasteiger partial charge >= 0.3 is 0 Å². The van der Waals surface area contributed by atoms with Crippen molar-refractivity contribution in [3.63, 3.8) is 0 Å². The van der Waals surface area contributed by atoms with Crippen LogP contribution in [-0.2, 0) is 4.79 Å². The summed E-state index contributed by atoms with van der Waals surface area (Å²) in [5, 5.41) is 12.5. The van der Waals surface area contributed by atoms with Crippen LogP contribution >= 0.6 is 0 Å². The number of aromatic nitrogens is 5. The number of fused-ring (bicyclic) bond motifs is 3. The van der Waals surface area contributed by atoms with Crippen LogP contribution in [0.1, 0.15) is 32.7 Å². The van der Waals surface area contributed by atoms with Gasteiger partial charge in [0.1, 0.15) is 11.3 Å². The van der Waals surface area contributed by atoms with E-state index in [1.165, 1.54) is 0 Å². The number of nitrogen functional groups attached to an aromatic ring is 1. The minimum absolute atomic E-state index is 0.122. The Morgan fingerprint density at radius 3 is 3.08 bits per heavy atom. The Bertz CT molecular complexity index is 912. The Kier molecular flexibility index (Phi) is 3.40. The molecule has 1 amide bonds. The number of rotatable bonds is 2. The lowest BCUT2D eigenvalue weighted by Crippen LogP contribution is -2.44. The number of nitrogens with zero attached hydrogens (tertiary/aromatic N) is 5. The van der Waals surface area contributed by atoms with Gasteiger partial charge in [-0.1, -0.05) is 13.8 Å². The first kappa shape index (κ1) is 14.9. The van der Waals surface area contributed by atoms with E-state index in [-0.39, 0.29) is 11.9 Å². The Hall–Kier alpha value is -2.64. The van der Waals surface area contributed by atoms with Gasteiger partial charge in [0.05, 0.1) is 11.4 Å². The first-order valence-corrected chi connectivity index (χ1v) is 8.34. The first-order chi connectivity index (χ1) is 11.6. The van der Waals surface area contributed by atoms with Gasteiger partial charge < -0.3 is 10.6 Å². The van der Waals surface area contributed by atoms with Gasteiger partial charge in [-0.3, -0.25) is 14.6 Å². The van der Waals surface area contributed by atoms with Gasteiger partial charge in [-0.2, -0.15) is 0 Å². The zero-order chi connectivity index (χ0) is 16.8. The lowest BCUT2D eigenvalue weighted by Gasteiger charge is -2.37. The van der Waals surface area contributed by atoms with Crippen LogP contribution in [0.15, 0.2) is 12.3 Å². The predicted octanol–water partition coefficient (Wildman–Crippen LogP) is 1.71. The van der Waals surface area contributed by atoms with Crippen LogP contribution in [0.25, 0.3) is 22.1 Å². The SMILES string of the molecule is CCC(=O)N1CCC(C)C(n2[nH]c(N)c3nnc4nccc4c32)C1. The van der Waals surface area contributed by atoms with Gasteiger partial charge in [0.2, 0.25) is 5.91 Å². The van der Waals surface area contributed by atoms with Gasteiger partial charge in [0.15, 0.2) is 11.2 Å². The molecule has 3 aromatic heterocycles. The summed E-state index contributed by atoms with van der Waals surface area (Å²) in [6.45, 7) is 5.60. The predicted molar refractivity (Wildman–Crippen MR) is 91.3 cm³/mol. The van der Waals surface area contributed by atoms with Crippen molar-refractivity contribution < 1.29 is 4.79 Å². The number of hydrogen-bond acceptors (Lipinski definition) is 5. The average molecular weight is 327 g/mol. The molecule has 4 heterocycles. The molecule has 8 nitrogen and oxygen atoms in total. The smallest absolute Gasteiger partial charge is 0.222 e. The molecule has 0 spiro atoms. The monoisotopic (exact) mass is 327 g/mol. The van der Waals surface area contributed by atoms with Crippen LogP contribution in [0, 0.1) is 5.92 Å². The van der Waals surface area contributed by atoms with E-state index in [2.05, 4.69) is 31.9 Å². The summed E-state index contributed by atoms with van der Waals surface area (Å²) in [5.74, 6) is 1.10. The number of aromatic amines is 1. The van der Waals surface area contributed by atoms with E-state index in [1.807, 2.05) is 17.9 Å². The maximum Gasteiger partial charge on any atom is 0.222 e. The highest BCUT2D eigenvalue weighted by molar-refractivity contribution is 6.03. The van der Waals surface area contributed by atoms with Crippen LogP contribution in [-0.4, -0.2) is 48.9 Å². The van der Waals surface area contributed by atoms with E-state index in [0.717, 1.165) is 23.9 Å². The molecule has 3 aromatic rings. The van der Waals surface area contributed by atoms with Gasteiger partial charge in [-0.15, -0.1) is 10.2 Å². The Morgan fingerprint density at radius 1 is 1.46 bits per heavy atom. The summed E-state index contributed by atoms with van der Waals surface area (Å²) in [7, 11) is 0. The molecule has 0 saturated carbocycles. The number of likely N-dealkylation sites (tertiary alicyclic amines) is 1. The van der Waals surface area contributed by atoms with Crippen molar-refractivity contribution in [1.29, 1.82) is 0 Å². The number of piperidine rings is 1. The molecule has 1 saturated heterocycles. The van der Waals surface area contributed by atoms with Gasteiger partial charge in [0, 0.05) is 25.7 Å². The zero-order valence-corrected chi connectivity index (χ0v) is 13.9. The highest BCUT2D eigenvalue weighted by atomic mass is 16.2. The minimum atomic E-state index is 0.122. The van der Waals surface area contributed by atoms with Crippen molar-refractivity contribution in [2.75, 3.05) is 18.8 Å². The number of carbonyl (C=O) groups is 1. The molecular weight excluding hydrogens is 306 g/mol. The molecule has 2 unspecified atom stereocenters. The molecule has 0 aromatic carbocycles. The largest absolute Gasteiger partial charge is 0.382 e. The molecule has 8 heteroatoms. The average Bonchev–Trinajstić information content (AvgIpc) is 3.19. The Morgan fingerprint density at radius 2 is 2.29 bits per heavy atom. The molecular formula is C16H21N7O. The normalized spacial score (nSPS) is 21.7. The highest BCUT2D eigenvalue weighted by Gasteiger charge is 2.31. The number of carbonyl (C=O) groups excluding carboxylic acids is 1. The van der Waals surface area contributed by atoms with E-state index in [1.54, 1.807) is 6.20 Å². The molecule has 1 aliphatic heterocycles. The third-order valence-electron chi connectivity index (χ3n) is 5.05. The van der Waals surface area contributed by atoms with Gasteiger partial charge in [0.25, 0.3) is 0 Å². The van der Waals surface area contributed by atoms with E-state index in [0.29, 0.717) is 35.9 Å². The summed E-state index contributed by atoms with van der Waals surface area (Å²) in [6, 6.07) is 2.05. The fraction of sp³-hybridized carbons (Fsp3) is 0.500. The van der Waals surface area contributed by atoms with Crippen LogP contribution in [0.5, 0.6) is 0 Å². The van der Waals surface area contributed by atoms with Crippen molar-refractivity contribution in [1.82, 2.24) is 29.9 Å². The topological polar surface area (TPSA) is 106 Å². The summed E-state index contributed by atoms with van der Waals surface area (Å²) >= 11 is 0. The number of hydrogen-bond donors (Lipinski definition) is 2. The summed E-state index contributed by atoms with van der Waals surface area (Å²) in [5.41, 5.74) is 8.31. The standard InChI is InChI=1S/C16H21N7O/c1-3-12(24)22-7-5-9(2)11(8-22)23-14-10-4-6-18-16(10)20-19-13(14)15(17)21-23/h4,6,9,11,21H,3,5,7-8,17H2,1-2H3. The molecule has 4 rings (SSSR count). The van der Waals surface area contributed by atoms with E-state index in [9.17, 15) is 4.79 Å². The lowest BCUT2D eigenvalue weighted by atomic mass is 9.93. The fourth-order valence-corrected chi connectivity index (χ4v) is 3.61. The molecule has 126 valence electrons. The van der Waals surface area contributed by atoms with Crippen molar-refractivity contribution in [2.45, 2.75) is 32.7 Å². The third-order valence-corrected chi connectivity index (χ3v) is 5.05. The number of H-pyrrole nitrogens is 1. The van der Waals surface area contributed by atoms with Crippen molar-refractivity contribution in [2.24, 2.45) is 5.92 Å². The highest BCUT2D eigenvalue weighted by Crippen LogP contribution is 2.34. The van der Waals surface area contributed by atoms with Crippen molar-refractivity contribution in [3.8, 4) is 0 Å². The van der Waals surface area contributed by atoms with Crippen LogP contribution in [0.2, 0.25) is 0 Å². The second-order valence-electron chi connectivity index (χ2n) is 6.50. The summed E-state index contributed by atoms with van der Waals surface area (Å²) < 4.78 is 2.06. The van der Waals surface area contributed by atoms with E-state index in [4.69, 9.17) is 5.73 Å². The number of amides is 1. The molecule has 0 radical (unpaired) electrons. The first-order valence-electron chi connectivity index (χ1n) is 8.34. The molecule has 1 fully saturated rings. The molecule has 0 bridgehead atoms. The third kappa shape index (κ3) is 2.13. The molecule has 24 heavy (non-hydrogen) atoms. The molecule has 2 atom stereocenters. The minimum Gasteiger partial charge on any atom is -0.382 e. The van der Waals surface area contributed by atoms with E-state index < -0.39 is 0 Å². The second-order valence-corrected chi connectivity index (χ2v) is 6.50. The molecule has 3 N–H and O–H groups in total. The molecule has 0 aliphatic carbocycles. The van der Waals surface area contributed by atoms with Crippen molar-refractivity contribution in [3.05, 3.63) is 12.3 Å². The second kappa shape index (κ2) is 5.47. The quantitative estimate of drug-likeness (QED) is 0.745. The molecule has 1 aliphatic rings. The number of nitrogens with two attached hydrogens (primary N) is 1. The van der Waals surface area contributed by atoms with Crippen LogP contribution in [0.3, 0.4) is 0 Å². The number of nitrogens with one attached hydrogen (secondary N) is 1. The van der Waals surface area contributed by atoms with Crippen LogP contribution in [0.4, 0.5) is 5.82 Å². The maximum absolute atomic E-state index is 12.1. The Labute approximate surface area is 139 Å². The summed E-state index contributed by atoms with van der Waals surface area (Å²) in [6.07, 6.45) is 3.22. The van der Waals surface area contributed by atoms with E-state index >= 15 is 0 Å². The lowest BCUT2D eigenvalue weighted by molar-refractivity contribution is -0.133. The zero-order valence-electron chi connectivity index (χ0n) is 13.9. The summed E-state index contributed by atoms with van der Waals surface area (Å²) in [4.78, 5) is 18.3.